The minimum absolute atomic E-state index is 0.0533. The molecule has 1 saturated carbocycles. The van der Waals surface area contributed by atoms with E-state index in [0.717, 1.165) is 56.3 Å². The summed E-state index contributed by atoms with van der Waals surface area (Å²) in [5.41, 5.74) is 3.53. The fourth-order valence-electron chi connectivity index (χ4n) is 3.77. The van der Waals surface area contributed by atoms with E-state index in [4.69, 9.17) is 4.42 Å². The summed E-state index contributed by atoms with van der Waals surface area (Å²) in [4.78, 5) is 10.4. The summed E-state index contributed by atoms with van der Waals surface area (Å²) in [5.74, 6) is -0.0196. The summed E-state index contributed by atoms with van der Waals surface area (Å²) in [6.45, 7) is 2.60. The largest absolute Gasteiger partial charge is 0.472 e. The van der Waals surface area contributed by atoms with Crippen LogP contribution in [0.15, 0.2) is 47.4 Å². The molecule has 0 amide bonds. The fourth-order valence-corrected chi connectivity index (χ4v) is 3.77. The van der Waals surface area contributed by atoms with Gasteiger partial charge in [-0.2, -0.15) is 18.2 Å². The zero-order chi connectivity index (χ0) is 21.4. The third-order valence-corrected chi connectivity index (χ3v) is 5.55. The summed E-state index contributed by atoms with van der Waals surface area (Å²) in [5, 5.41) is 5.93. The lowest BCUT2D eigenvalue weighted by atomic mass is 9.98. The van der Waals surface area contributed by atoms with Crippen LogP contribution in [0.25, 0.3) is 0 Å². The van der Waals surface area contributed by atoms with E-state index >= 15 is 0 Å². The van der Waals surface area contributed by atoms with E-state index in [1.165, 1.54) is 11.1 Å². The van der Waals surface area contributed by atoms with Crippen molar-refractivity contribution in [3.8, 4) is 0 Å². The van der Waals surface area contributed by atoms with Gasteiger partial charge in [0.1, 0.15) is 11.4 Å². The number of halogens is 3. The Morgan fingerprint density at radius 2 is 2.03 bits per heavy atom. The summed E-state index contributed by atoms with van der Waals surface area (Å²) in [6, 6.07) is 8.01. The molecular formula is C22H22F3N5O. The van der Waals surface area contributed by atoms with Crippen LogP contribution in [0, 0.1) is 0 Å². The number of rotatable bonds is 6. The third kappa shape index (κ3) is 4.66. The zero-order valence-corrected chi connectivity index (χ0v) is 16.7. The van der Waals surface area contributed by atoms with Crippen LogP contribution in [0.3, 0.4) is 0 Å². The van der Waals surface area contributed by atoms with Gasteiger partial charge in [0.25, 0.3) is 0 Å². The Bertz CT molecular complexity index is 1060. The standard InChI is InChI=1S/C22H22F3N5O/c23-22(24,25)19-10-26-21(29-20(19)27-17-3-4-17)28-18-2-1-16-12-30(7-5-15(16)9-18)11-14-6-8-31-13-14/h1-2,6,8-10,13,17H,3-5,7,11-12H2,(H2,26,27,28,29). The van der Waals surface area contributed by atoms with E-state index < -0.39 is 11.7 Å². The maximum Gasteiger partial charge on any atom is 0.421 e. The molecule has 2 aromatic heterocycles. The highest BCUT2D eigenvalue weighted by atomic mass is 19.4. The van der Waals surface area contributed by atoms with E-state index in [0.29, 0.717) is 0 Å². The van der Waals surface area contributed by atoms with Crippen LogP contribution in [0.5, 0.6) is 0 Å². The highest BCUT2D eigenvalue weighted by molar-refractivity contribution is 5.59. The second-order valence-electron chi connectivity index (χ2n) is 8.07. The lowest BCUT2D eigenvalue weighted by molar-refractivity contribution is -0.137. The third-order valence-electron chi connectivity index (χ3n) is 5.55. The molecule has 0 unspecified atom stereocenters. The molecule has 1 aliphatic heterocycles. The molecule has 31 heavy (non-hydrogen) atoms. The van der Waals surface area contributed by atoms with Crippen LogP contribution >= 0.6 is 0 Å². The Labute approximate surface area is 177 Å². The van der Waals surface area contributed by atoms with Crippen LogP contribution in [0.4, 0.5) is 30.6 Å². The van der Waals surface area contributed by atoms with E-state index in [1.807, 2.05) is 24.3 Å². The minimum Gasteiger partial charge on any atom is -0.472 e. The molecular weight excluding hydrogens is 407 g/mol. The second kappa shape index (κ2) is 7.88. The van der Waals surface area contributed by atoms with Crippen molar-refractivity contribution in [2.24, 2.45) is 0 Å². The molecule has 162 valence electrons. The average molecular weight is 429 g/mol. The van der Waals surface area contributed by atoms with Gasteiger partial charge < -0.3 is 15.1 Å². The number of anilines is 3. The zero-order valence-electron chi connectivity index (χ0n) is 16.7. The van der Waals surface area contributed by atoms with Gasteiger partial charge in [0.05, 0.1) is 12.5 Å². The molecule has 3 aromatic rings. The minimum atomic E-state index is -4.50. The molecule has 3 heterocycles. The number of fused-ring (bicyclic) bond motifs is 1. The first-order valence-electron chi connectivity index (χ1n) is 10.3. The molecule has 1 fully saturated rings. The first-order valence-corrected chi connectivity index (χ1v) is 10.3. The first kappa shape index (κ1) is 19.9. The molecule has 0 radical (unpaired) electrons. The molecule has 0 atom stereocenters. The Kier molecular flexibility index (Phi) is 5.05. The summed E-state index contributed by atoms with van der Waals surface area (Å²) in [7, 11) is 0. The van der Waals surface area contributed by atoms with Gasteiger partial charge in [0.2, 0.25) is 5.95 Å². The molecule has 0 bridgehead atoms. The number of nitrogens with zero attached hydrogens (tertiary/aromatic N) is 3. The monoisotopic (exact) mass is 429 g/mol. The van der Waals surface area contributed by atoms with Crippen molar-refractivity contribution in [2.75, 3.05) is 17.2 Å². The number of hydrogen-bond donors (Lipinski definition) is 2. The van der Waals surface area contributed by atoms with Gasteiger partial charge in [0.15, 0.2) is 0 Å². The number of alkyl halides is 3. The summed E-state index contributed by atoms with van der Waals surface area (Å²) < 4.78 is 44.9. The van der Waals surface area contributed by atoms with Crippen LogP contribution in [0.1, 0.15) is 35.1 Å². The van der Waals surface area contributed by atoms with Gasteiger partial charge in [-0.05, 0) is 48.6 Å². The maximum absolute atomic E-state index is 13.3. The topological polar surface area (TPSA) is 66.2 Å². The van der Waals surface area contributed by atoms with Gasteiger partial charge in [-0.15, -0.1) is 0 Å². The number of benzene rings is 1. The van der Waals surface area contributed by atoms with E-state index in [9.17, 15) is 13.2 Å². The van der Waals surface area contributed by atoms with Crippen molar-refractivity contribution >= 4 is 17.5 Å². The summed E-state index contributed by atoms with van der Waals surface area (Å²) in [6.07, 6.45) is 2.39. The van der Waals surface area contributed by atoms with Crippen molar-refractivity contribution in [1.29, 1.82) is 0 Å². The van der Waals surface area contributed by atoms with Crippen molar-refractivity contribution in [3.63, 3.8) is 0 Å². The Hall–Kier alpha value is -3.07. The quantitative estimate of drug-likeness (QED) is 0.577. The molecule has 1 aromatic carbocycles. The predicted molar refractivity (Wildman–Crippen MR) is 110 cm³/mol. The molecule has 1 aliphatic carbocycles. The van der Waals surface area contributed by atoms with E-state index in [1.54, 1.807) is 12.5 Å². The molecule has 0 spiro atoms. The van der Waals surface area contributed by atoms with Gasteiger partial charge in [-0.1, -0.05) is 6.07 Å². The van der Waals surface area contributed by atoms with E-state index in [-0.39, 0.29) is 17.8 Å². The Morgan fingerprint density at radius 1 is 1.16 bits per heavy atom. The Balaban J connectivity index is 1.30. The smallest absolute Gasteiger partial charge is 0.421 e. The molecule has 0 saturated heterocycles. The van der Waals surface area contributed by atoms with Crippen molar-refractivity contribution < 1.29 is 17.6 Å². The molecule has 2 aliphatic rings. The molecule has 2 N–H and O–H groups in total. The number of nitrogens with one attached hydrogen (secondary N) is 2. The maximum atomic E-state index is 13.3. The molecule has 9 heteroatoms. The molecule has 6 nitrogen and oxygen atoms in total. The van der Waals surface area contributed by atoms with Crippen molar-refractivity contribution in [1.82, 2.24) is 14.9 Å². The predicted octanol–water partition coefficient (Wildman–Crippen LogP) is 4.96. The van der Waals surface area contributed by atoms with Gasteiger partial charge in [0, 0.05) is 43.1 Å². The van der Waals surface area contributed by atoms with Crippen molar-refractivity contribution in [3.05, 3.63) is 65.2 Å². The Morgan fingerprint density at radius 3 is 2.77 bits per heavy atom. The first-order chi connectivity index (χ1) is 14.9. The lowest BCUT2D eigenvalue weighted by Gasteiger charge is -2.28. The highest BCUT2D eigenvalue weighted by Crippen LogP contribution is 2.36. The van der Waals surface area contributed by atoms with Crippen LogP contribution < -0.4 is 10.6 Å². The SMILES string of the molecule is FC(F)(F)c1cnc(Nc2ccc3c(c2)CCN(Cc2ccoc2)C3)nc1NC1CC1. The van der Waals surface area contributed by atoms with Crippen LogP contribution in [-0.4, -0.2) is 27.5 Å². The highest BCUT2D eigenvalue weighted by Gasteiger charge is 2.36. The number of aromatic nitrogens is 2. The van der Waals surface area contributed by atoms with Gasteiger partial charge in [-0.3, -0.25) is 4.90 Å². The van der Waals surface area contributed by atoms with Crippen molar-refractivity contribution in [2.45, 2.75) is 44.6 Å². The van der Waals surface area contributed by atoms with Crippen LogP contribution in [0.2, 0.25) is 0 Å². The summed E-state index contributed by atoms with van der Waals surface area (Å²) >= 11 is 0. The average Bonchev–Trinajstić information content (AvgIpc) is 3.39. The normalized spacial score (nSPS) is 16.7. The van der Waals surface area contributed by atoms with Gasteiger partial charge in [-0.25, -0.2) is 4.98 Å². The number of hydrogen-bond acceptors (Lipinski definition) is 6. The lowest BCUT2D eigenvalue weighted by Crippen LogP contribution is -2.29. The van der Waals surface area contributed by atoms with Gasteiger partial charge >= 0.3 is 6.18 Å². The number of furan rings is 1. The fraction of sp³-hybridized carbons (Fsp3) is 0.364. The van der Waals surface area contributed by atoms with E-state index in [2.05, 4.69) is 25.5 Å². The van der Waals surface area contributed by atoms with Crippen LogP contribution in [-0.2, 0) is 25.7 Å². The molecule has 5 rings (SSSR count). The second-order valence-corrected chi connectivity index (χ2v) is 8.07.